The van der Waals surface area contributed by atoms with Crippen molar-refractivity contribution in [2.75, 3.05) is 20.0 Å². The predicted molar refractivity (Wildman–Crippen MR) is 79.3 cm³/mol. The molecule has 0 unspecified atom stereocenters. The molecule has 4 nitrogen and oxygen atoms in total. The van der Waals surface area contributed by atoms with Gasteiger partial charge in [0.25, 0.3) is 0 Å². The summed E-state index contributed by atoms with van der Waals surface area (Å²) in [5.41, 5.74) is 7.56. The van der Waals surface area contributed by atoms with Gasteiger partial charge in [-0.15, -0.1) is 22.7 Å². The van der Waals surface area contributed by atoms with Crippen molar-refractivity contribution in [1.29, 1.82) is 0 Å². The summed E-state index contributed by atoms with van der Waals surface area (Å²) in [5.74, 6) is 0.413. The van der Waals surface area contributed by atoms with Crippen molar-refractivity contribution < 1.29 is 14.3 Å². The molecule has 0 bridgehead atoms. The van der Waals surface area contributed by atoms with Gasteiger partial charge in [0.2, 0.25) is 0 Å². The fraction of sp³-hybridized carbons (Fsp3) is 0.308. The highest BCUT2D eigenvalue weighted by molar-refractivity contribution is 7.23. The van der Waals surface area contributed by atoms with E-state index in [1.54, 1.807) is 18.4 Å². The van der Waals surface area contributed by atoms with Crippen molar-refractivity contribution in [3.63, 3.8) is 0 Å². The van der Waals surface area contributed by atoms with Crippen LogP contribution < -0.4 is 10.5 Å². The van der Waals surface area contributed by atoms with E-state index in [4.69, 9.17) is 15.2 Å². The second-order valence-corrected chi connectivity index (χ2v) is 5.75. The van der Waals surface area contributed by atoms with Crippen LogP contribution in [-0.2, 0) is 11.2 Å². The first-order valence-electron chi connectivity index (χ1n) is 5.75. The zero-order chi connectivity index (χ0) is 14.0. The number of hydrogen-bond donors (Lipinski definition) is 1. The summed E-state index contributed by atoms with van der Waals surface area (Å²) in [5, 5.41) is 1.96. The molecule has 0 amide bonds. The van der Waals surface area contributed by atoms with Crippen LogP contribution in [0.25, 0.3) is 9.75 Å². The first kappa shape index (κ1) is 13.9. The van der Waals surface area contributed by atoms with Crippen molar-refractivity contribution in [3.05, 3.63) is 21.9 Å². The molecule has 0 aliphatic heterocycles. The van der Waals surface area contributed by atoms with Crippen molar-refractivity contribution in [1.82, 2.24) is 0 Å². The van der Waals surface area contributed by atoms with Crippen LogP contribution in [-0.4, -0.2) is 20.2 Å². The van der Waals surface area contributed by atoms with Gasteiger partial charge in [0.1, 0.15) is 10.6 Å². The quantitative estimate of drug-likeness (QED) is 0.878. The minimum Gasteiger partial charge on any atom is -0.495 e. The van der Waals surface area contributed by atoms with Crippen molar-refractivity contribution >= 4 is 34.3 Å². The minimum absolute atomic E-state index is 0.390. The molecule has 0 spiro atoms. The zero-order valence-electron chi connectivity index (χ0n) is 11.0. The Kier molecular flexibility index (Phi) is 4.11. The average molecular weight is 297 g/mol. The Hall–Kier alpha value is -1.53. The van der Waals surface area contributed by atoms with E-state index in [1.165, 1.54) is 18.4 Å². The molecular weight excluding hydrogens is 282 g/mol. The Morgan fingerprint density at radius 2 is 2.11 bits per heavy atom. The molecule has 0 aliphatic carbocycles. The van der Waals surface area contributed by atoms with Gasteiger partial charge < -0.3 is 15.2 Å². The molecule has 102 valence electrons. The molecular formula is C13H15NO3S2. The van der Waals surface area contributed by atoms with Gasteiger partial charge >= 0.3 is 5.97 Å². The summed E-state index contributed by atoms with van der Waals surface area (Å²) >= 11 is 2.94. The Labute approximate surface area is 119 Å². The van der Waals surface area contributed by atoms with Gasteiger partial charge in [-0.05, 0) is 23.4 Å². The maximum atomic E-state index is 11.7. The first-order chi connectivity index (χ1) is 9.13. The van der Waals surface area contributed by atoms with Gasteiger partial charge in [0.15, 0.2) is 0 Å². The van der Waals surface area contributed by atoms with Crippen LogP contribution in [0.4, 0.5) is 5.69 Å². The predicted octanol–water partition coefficient (Wildman–Crippen LogP) is 3.42. The molecule has 0 radical (unpaired) electrons. The Balaban J connectivity index is 2.61. The molecule has 0 atom stereocenters. The molecule has 2 N–H and O–H groups in total. The number of nitrogens with two attached hydrogens (primary N) is 1. The van der Waals surface area contributed by atoms with E-state index in [1.807, 2.05) is 18.4 Å². The van der Waals surface area contributed by atoms with E-state index in [0.29, 0.717) is 10.6 Å². The number of esters is 1. The van der Waals surface area contributed by atoms with Crippen molar-refractivity contribution in [2.45, 2.75) is 13.3 Å². The standard InChI is InChI=1S/C13H15NO3S2/c1-4-7-9(14)12(13(15)17-3)19-10(7)11-8(16-2)5-6-18-11/h5-6H,4,14H2,1-3H3. The summed E-state index contributed by atoms with van der Waals surface area (Å²) in [6.45, 7) is 2.02. The second kappa shape index (κ2) is 5.63. The highest BCUT2D eigenvalue weighted by Crippen LogP contribution is 2.45. The number of carbonyl (C=O) groups is 1. The largest absolute Gasteiger partial charge is 0.495 e. The normalized spacial score (nSPS) is 10.5. The fourth-order valence-corrected chi connectivity index (χ4v) is 4.15. The lowest BCUT2D eigenvalue weighted by Crippen LogP contribution is -2.02. The summed E-state index contributed by atoms with van der Waals surface area (Å²) in [6, 6.07) is 1.91. The van der Waals surface area contributed by atoms with E-state index in [2.05, 4.69) is 0 Å². The Morgan fingerprint density at radius 1 is 1.37 bits per heavy atom. The number of hydrogen-bond acceptors (Lipinski definition) is 6. The van der Waals surface area contributed by atoms with E-state index >= 15 is 0 Å². The smallest absolute Gasteiger partial charge is 0.350 e. The first-order valence-corrected chi connectivity index (χ1v) is 7.44. The molecule has 2 rings (SSSR count). The lowest BCUT2D eigenvalue weighted by Gasteiger charge is -2.03. The lowest BCUT2D eigenvalue weighted by atomic mass is 10.1. The number of nitrogen functional groups attached to an aromatic ring is 1. The Morgan fingerprint density at radius 3 is 2.68 bits per heavy atom. The SMILES string of the molecule is CCc1c(-c2sccc2OC)sc(C(=O)OC)c1N. The third-order valence-corrected chi connectivity index (χ3v) is 5.12. The van der Waals surface area contributed by atoms with Crippen LogP contribution in [0.2, 0.25) is 0 Å². The minimum atomic E-state index is -0.390. The highest BCUT2D eigenvalue weighted by Gasteiger charge is 2.23. The van der Waals surface area contributed by atoms with E-state index in [0.717, 1.165) is 27.5 Å². The van der Waals surface area contributed by atoms with Crippen LogP contribution in [0.15, 0.2) is 11.4 Å². The topological polar surface area (TPSA) is 61.5 Å². The molecule has 0 aromatic carbocycles. The van der Waals surface area contributed by atoms with Gasteiger partial charge in [0, 0.05) is 0 Å². The molecule has 2 heterocycles. The molecule has 0 saturated carbocycles. The molecule has 2 aromatic heterocycles. The van der Waals surface area contributed by atoms with Crippen LogP contribution in [0.1, 0.15) is 22.2 Å². The molecule has 0 saturated heterocycles. The van der Waals surface area contributed by atoms with Crippen molar-refractivity contribution in [3.8, 4) is 15.5 Å². The monoisotopic (exact) mass is 297 g/mol. The number of ether oxygens (including phenoxy) is 2. The summed E-state index contributed by atoms with van der Waals surface area (Å²) < 4.78 is 10.1. The van der Waals surface area contributed by atoms with Gasteiger partial charge in [0.05, 0.1) is 29.7 Å². The van der Waals surface area contributed by atoms with Gasteiger partial charge in [-0.2, -0.15) is 0 Å². The fourth-order valence-electron chi connectivity index (χ4n) is 1.88. The third kappa shape index (κ3) is 2.33. The number of anilines is 1. The highest BCUT2D eigenvalue weighted by atomic mass is 32.1. The van der Waals surface area contributed by atoms with Crippen LogP contribution in [0, 0.1) is 0 Å². The number of rotatable bonds is 4. The molecule has 19 heavy (non-hydrogen) atoms. The van der Waals surface area contributed by atoms with Crippen LogP contribution >= 0.6 is 22.7 Å². The van der Waals surface area contributed by atoms with E-state index in [9.17, 15) is 4.79 Å². The molecule has 0 aliphatic rings. The Bertz CT molecular complexity index is 601. The van der Waals surface area contributed by atoms with E-state index in [-0.39, 0.29) is 5.97 Å². The van der Waals surface area contributed by atoms with Crippen LogP contribution in [0.5, 0.6) is 5.75 Å². The third-order valence-electron chi connectivity index (χ3n) is 2.83. The number of thiophene rings is 2. The van der Waals surface area contributed by atoms with Crippen LogP contribution in [0.3, 0.4) is 0 Å². The van der Waals surface area contributed by atoms with E-state index < -0.39 is 0 Å². The summed E-state index contributed by atoms with van der Waals surface area (Å²) in [6.07, 6.45) is 0.760. The lowest BCUT2D eigenvalue weighted by molar-refractivity contribution is 0.0607. The number of methoxy groups -OCH3 is 2. The zero-order valence-corrected chi connectivity index (χ0v) is 12.6. The van der Waals surface area contributed by atoms with Crippen molar-refractivity contribution in [2.24, 2.45) is 0 Å². The molecule has 0 fully saturated rings. The summed E-state index contributed by atoms with van der Waals surface area (Å²) in [4.78, 5) is 14.2. The number of carbonyl (C=O) groups excluding carboxylic acids is 1. The average Bonchev–Trinajstić information content (AvgIpc) is 3.01. The van der Waals surface area contributed by atoms with Gasteiger partial charge in [-0.3, -0.25) is 0 Å². The summed E-state index contributed by atoms with van der Waals surface area (Å²) in [7, 11) is 2.99. The van der Waals surface area contributed by atoms with Gasteiger partial charge in [-0.1, -0.05) is 6.92 Å². The maximum Gasteiger partial charge on any atom is 0.350 e. The molecule has 6 heteroatoms. The van der Waals surface area contributed by atoms with Gasteiger partial charge in [-0.25, -0.2) is 4.79 Å². The second-order valence-electron chi connectivity index (χ2n) is 3.82. The maximum absolute atomic E-state index is 11.7. The molecule has 2 aromatic rings.